The van der Waals surface area contributed by atoms with Gasteiger partial charge in [0, 0.05) is 36.8 Å². The lowest BCUT2D eigenvalue weighted by Crippen LogP contribution is -2.40. The van der Waals surface area contributed by atoms with E-state index in [2.05, 4.69) is 32.2 Å². The van der Waals surface area contributed by atoms with Crippen molar-refractivity contribution in [2.24, 2.45) is 18.9 Å². The Morgan fingerprint density at radius 3 is 2.12 bits per heavy atom. The van der Waals surface area contributed by atoms with Gasteiger partial charge >= 0.3 is 0 Å². The molecule has 0 bridgehead atoms. The Morgan fingerprint density at radius 1 is 1.00 bits per heavy atom. The number of thiazole rings is 1. The number of aryl methyl sites for hydroxylation is 1. The second-order valence-electron chi connectivity index (χ2n) is 8.09. The maximum atomic E-state index is 4.43. The van der Waals surface area contributed by atoms with Crippen LogP contribution in [0.5, 0.6) is 0 Å². The van der Waals surface area contributed by atoms with Gasteiger partial charge in [0.05, 0.1) is 17.4 Å². The molecule has 5 nitrogen and oxygen atoms in total. The van der Waals surface area contributed by atoms with E-state index in [1.807, 2.05) is 23.4 Å². The summed E-state index contributed by atoms with van der Waals surface area (Å²) in [6, 6.07) is 0. The van der Waals surface area contributed by atoms with Crippen molar-refractivity contribution in [1.29, 1.82) is 0 Å². The van der Waals surface area contributed by atoms with Crippen LogP contribution >= 0.6 is 11.3 Å². The fraction of sp³-hybridized carbons (Fsp3) is 0.700. The van der Waals surface area contributed by atoms with Gasteiger partial charge in [-0.2, -0.15) is 5.10 Å². The second kappa shape index (κ2) is 8.19. The average molecular weight is 374 g/mol. The molecule has 2 aliphatic rings. The lowest BCUT2D eigenvalue weighted by Gasteiger charge is -2.40. The minimum atomic E-state index is 0.933. The molecule has 4 rings (SSSR count). The number of hydrogen-bond acceptors (Lipinski definition) is 5. The van der Waals surface area contributed by atoms with Gasteiger partial charge in [-0.3, -0.25) is 14.5 Å². The fourth-order valence-corrected chi connectivity index (χ4v) is 5.20. The standard InChI is InChI=1S/C20H31N5S/c1-16-19(11-22-23(16)2)12-24-7-3-17(4-8-24)18-5-9-25(10-6-18)13-20-14-26-15-21-20/h11,14-15,17-18H,3-10,12-13H2,1-2H3. The molecule has 2 saturated heterocycles. The minimum Gasteiger partial charge on any atom is -0.299 e. The van der Waals surface area contributed by atoms with Gasteiger partial charge in [-0.25, -0.2) is 4.98 Å². The highest BCUT2D eigenvalue weighted by atomic mass is 32.1. The van der Waals surface area contributed by atoms with Crippen molar-refractivity contribution in [1.82, 2.24) is 24.6 Å². The normalized spacial score (nSPS) is 21.5. The maximum absolute atomic E-state index is 4.43. The topological polar surface area (TPSA) is 37.2 Å². The summed E-state index contributed by atoms with van der Waals surface area (Å²) < 4.78 is 1.99. The molecule has 0 aliphatic carbocycles. The van der Waals surface area contributed by atoms with E-state index >= 15 is 0 Å². The summed E-state index contributed by atoms with van der Waals surface area (Å²) in [5.74, 6) is 1.87. The third kappa shape index (κ3) is 4.18. The smallest absolute Gasteiger partial charge is 0.0795 e. The van der Waals surface area contributed by atoms with E-state index in [0.717, 1.165) is 24.9 Å². The van der Waals surface area contributed by atoms with Gasteiger partial charge in [0.25, 0.3) is 0 Å². The van der Waals surface area contributed by atoms with Crippen molar-refractivity contribution in [3.8, 4) is 0 Å². The van der Waals surface area contributed by atoms with E-state index in [9.17, 15) is 0 Å². The van der Waals surface area contributed by atoms with Crippen LogP contribution in [0.2, 0.25) is 0 Å². The molecule has 2 fully saturated rings. The predicted molar refractivity (Wildman–Crippen MR) is 106 cm³/mol. The SMILES string of the molecule is Cc1c(CN2CCC(C3CCN(Cc4cscn4)CC3)CC2)cnn1C. The first kappa shape index (κ1) is 18.1. The Kier molecular flexibility index (Phi) is 5.72. The molecule has 0 radical (unpaired) electrons. The van der Waals surface area contributed by atoms with Crippen LogP contribution < -0.4 is 0 Å². The van der Waals surface area contributed by atoms with E-state index in [1.54, 1.807) is 11.3 Å². The van der Waals surface area contributed by atoms with Crippen LogP contribution in [0, 0.1) is 18.8 Å². The molecule has 6 heteroatoms. The third-order valence-electron chi connectivity index (χ3n) is 6.53. The molecular weight excluding hydrogens is 342 g/mol. The fourth-order valence-electron chi connectivity index (χ4n) is 4.65. The van der Waals surface area contributed by atoms with E-state index < -0.39 is 0 Å². The van der Waals surface area contributed by atoms with E-state index in [0.29, 0.717) is 0 Å². The van der Waals surface area contributed by atoms with Crippen LogP contribution in [0.3, 0.4) is 0 Å². The number of aromatic nitrogens is 3. The van der Waals surface area contributed by atoms with Gasteiger partial charge in [-0.1, -0.05) is 0 Å². The monoisotopic (exact) mass is 373 g/mol. The lowest BCUT2D eigenvalue weighted by molar-refractivity contribution is 0.0905. The van der Waals surface area contributed by atoms with Crippen LogP contribution in [0.4, 0.5) is 0 Å². The largest absolute Gasteiger partial charge is 0.299 e. The molecule has 0 N–H and O–H groups in total. The van der Waals surface area contributed by atoms with Gasteiger partial charge in [0.1, 0.15) is 0 Å². The van der Waals surface area contributed by atoms with Gasteiger partial charge in [-0.05, 0) is 70.6 Å². The quantitative estimate of drug-likeness (QED) is 0.806. The first-order valence-electron chi connectivity index (χ1n) is 9.98. The first-order valence-corrected chi connectivity index (χ1v) is 10.9. The first-order chi connectivity index (χ1) is 12.7. The summed E-state index contributed by atoms with van der Waals surface area (Å²) in [6.07, 6.45) is 7.53. The second-order valence-corrected chi connectivity index (χ2v) is 8.80. The molecular formula is C20H31N5S. The van der Waals surface area contributed by atoms with Gasteiger partial charge in [0.2, 0.25) is 0 Å². The highest BCUT2D eigenvalue weighted by molar-refractivity contribution is 7.07. The number of hydrogen-bond donors (Lipinski definition) is 0. The van der Waals surface area contributed by atoms with Gasteiger partial charge < -0.3 is 0 Å². The molecule has 26 heavy (non-hydrogen) atoms. The molecule has 2 aromatic rings. The van der Waals surface area contributed by atoms with Crippen molar-refractivity contribution in [2.45, 2.75) is 45.7 Å². The number of rotatable bonds is 5. The molecule has 2 aliphatic heterocycles. The van der Waals surface area contributed by atoms with Gasteiger partial charge in [-0.15, -0.1) is 11.3 Å². The number of piperidine rings is 2. The zero-order chi connectivity index (χ0) is 17.9. The zero-order valence-corrected chi connectivity index (χ0v) is 16.9. The van der Waals surface area contributed by atoms with Crippen LogP contribution in [0.1, 0.15) is 42.6 Å². The minimum absolute atomic E-state index is 0.933. The Bertz CT molecular complexity index is 679. The van der Waals surface area contributed by atoms with Crippen molar-refractivity contribution >= 4 is 11.3 Å². The van der Waals surface area contributed by atoms with Crippen molar-refractivity contribution in [3.05, 3.63) is 34.0 Å². The van der Waals surface area contributed by atoms with Crippen molar-refractivity contribution < 1.29 is 0 Å². The summed E-state index contributed by atoms with van der Waals surface area (Å²) in [6.45, 7) is 9.27. The van der Waals surface area contributed by atoms with Gasteiger partial charge in [0.15, 0.2) is 0 Å². The summed E-state index contributed by atoms with van der Waals surface area (Å²) in [5, 5.41) is 6.57. The molecule has 0 aromatic carbocycles. The Morgan fingerprint density at radius 2 is 1.62 bits per heavy atom. The summed E-state index contributed by atoms with van der Waals surface area (Å²) in [5.41, 5.74) is 5.89. The van der Waals surface area contributed by atoms with Crippen LogP contribution in [-0.4, -0.2) is 50.7 Å². The maximum Gasteiger partial charge on any atom is 0.0795 e. The summed E-state index contributed by atoms with van der Waals surface area (Å²) >= 11 is 1.71. The third-order valence-corrected chi connectivity index (χ3v) is 7.17. The Hall–Kier alpha value is -1.24. The average Bonchev–Trinajstić information content (AvgIpc) is 3.29. The van der Waals surface area contributed by atoms with Crippen molar-refractivity contribution in [3.63, 3.8) is 0 Å². The Balaban J connectivity index is 1.21. The predicted octanol–water partition coefficient (Wildman–Crippen LogP) is 3.31. The summed E-state index contributed by atoms with van der Waals surface area (Å²) in [7, 11) is 2.03. The molecule has 0 spiro atoms. The molecule has 0 unspecified atom stereocenters. The molecule has 0 atom stereocenters. The van der Waals surface area contributed by atoms with Crippen molar-refractivity contribution in [2.75, 3.05) is 26.2 Å². The van der Waals surface area contributed by atoms with Crippen LogP contribution in [0.25, 0.3) is 0 Å². The lowest BCUT2D eigenvalue weighted by atomic mass is 9.78. The molecule has 142 valence electrons. The highest BCUT2D eigenvalue weighted by Crippen LogP contribution is 2.33. The highest BCUT2D eigenvalue weighted by Gasteiger charge is 2.29. The Labute approximate surface area is 161 Å². The molecule has 0 saturated carbocycles. The molecule has 0 amide bonds. The van der Waals surface area contributed by atoms with E-state index in [4.69, 9.17) is 0 Å². The zero-order valence-electron chi connectivity index (χ0n) is 16.1. The number of nitrogens with zero attached hydrogens (tertiary/aromatic N) is 5. The van der Waals surface area contributed by atoms with Crippen LogP contribution in [-0.2, 0) is 20.1 Å². The van der Waals surface area contributed by atoms with E-state index in [1.165, 1.54) is 68.8 Å². The van der Waals surface area contributed by atoms with E-state index in [-0.39, 0.29) is 0 Å². The number of likely N-dealkylation sites (tertiary alicyclic amines) is 2. The molecule has 4 heterocycles. The van der Waals surface area contributed by atoms with Crippen LogP contribution in [0.15, 0.2) is 17.1 Å². The molecule has 2 aromatic heterocycles. The summed E-state index contributed by atoms with van der Waals surface area (Å²) in [4.78, 5) is 9.65.